The Hall–Kier alpha value is -5.76. The second kappa shape index (κ2) is 10.1. The van der Waals surface area contributed by atoms with Crippen LogP contribution >= 0.6 is 11.3 Å². The minimum Gasteiger partial charge on any atom is -0.135 e. The summed E-state index contributed by atoms with van der Waals surface area (Å²) in [6.07, 6.45) is 0. The molecule has 0 bridgehead atoms. The molecule has 0 amide bonds. The van der Waals surface area contributed by atoms with E-state index in [1.165, 1.54) is 108 Å². The monoisotopic (exact) mass is 652 g/mol. The van der Waals surface area contributed by atoms with Crippen LogP contribution in [0.15, 0.2) is 158 Å². The lowest BCUT2D eigenvalue weighted by Crippen LogP contribution is -2.15. The first kappa shape index (κ1) is 28.1. The molecule has 0 saturated heterocycles. The molecule has 1 aliphatic carbocycles. The highest BCUT2D eigenvalue weighted by atomic mass is 32.1. The zero-order valence-electron chi connectivity index (χ0n) is 27.9. The molecular weight excluding hydrogens is 621 g/mol. The fourth-order valence-corrected chi connectivity index (χ4v) is 10.4. The normalized spacial score (nSPS) is 13.6. The third-order valence-electron chi connectivity index (χ3n) is 11.4. The smallest absolute Gasteiger partial charge is 0.0361 e. The largest absolute Gasteiger partial charge is 0.135 e. The summed E-state index contributed by atoms with van der Waals surface area (Å²) in [6, 6.07) is 59.1. The molecule has 10 aromatic rings. The van der Waals surface area contributed by atoms with Crippen molar-refractivity contribution in [3.8, 4) is 33.4 Å². The minimum atomic E-state index is -0.0879. The van der Waals surface area contributed by atoms with Crippen LogP contribution in [-0.2, 0) is 5.41 Å². The number of benzene rings is 9. The van der Waals surface area contributed by atoms with Crippen molar-refractivity contribution in [2.24, 2.45) is 0 Å². The molecule has 0 aliphatic heterocycles. The van der Waals surface area contributed by atoms with Gasteiger partial charge in [-0.2, -0.15) is 0 Å². The number of thiophene rings is 1. The van der Waals surface area contributed by atoms with E-state index in [1.807, 2.05) is 11.3 Å². The molecule has 0 fully saturated rings. The molecule has 0 radical (unpaired) electrons. The third kappa shape index (κ3) is 3.71. The molecule has 0 unspecified atom stereocenters. The maximum absolute atomic E-state index is 2.49. The van der Waals surface area contributed by atoms with Crippen molar-refractivity contribution >= 4 is 74.6 Å². The van der Waals surface area contributed by atoms with Gasteiger partial charge in [-0.25, -0.2) is 0 Å². The Balaban J connectivity index is 1.23. The van der Waals surface area contributed by atoms with E-state index in [-0.39, 0.29) is 5.41 Å². The summed E-state index contributed by atoms with van der Waals surface area (Å²) < 4.78 is 2.69. The summed E-state index contributed by atoms with van der Waals surface area (Å²) >= 11 is 1.92. The number of hydrogen-bond acceptors (Lipinski definition) is 1. The molecule has 0 nitrogen and oxygen atoms in total. The molecule has 0 spiro atoms. The van der Waals surface area contributed by atoms with Crippen molar-refractivity contribution in [1.29, 1.82) is 0 Å². The fourth-order valence-electron chi connectivity index (χ4n) is 9.29. The van der Waals surface area contributed by atoms with Crippen LogP contribution in [0.3, 0.4) is 0 Å². The van der Waals surface area contributed by atoms with Gasteiger partial charge < -0.3 is 0 Å². The van der Waals surface area contributed by atoms with Gasteiger partial charge in [-0.15, -0.1) is 11.3 Å². The van der Waals surface area contributed by atoms with Gasteiger partial charge in [0, 0.05) is 25.6 Å². The van der Waals surface area contributed by atoms with E-state index in [1.54, 1.807) is 0 Å². The average Bonchev–Trinajstić information content (AvgIpc) is 3.65. The predicted molar refractivity (Wildman–Crippen MR) is 218 cm³/mol. The zero-order valence-corrected chi connectivity index (χ0v) is 28.7. The van der Waals surface area contributed by atoms with Gasteiger partial charge in [0.25, 0.3) is 0 Å². The Bertz CT molecular complexity index is 3000. The van der Waals surface area contributed by atoms with Gasteiger partial charge in [0.15, 0.2) is 0 Å². The van der Waals surface area contributed by atoms with Crippen molar-refractivity contribution in [2.45, 2.75) is 19.3 Å². The second-order valence-corrected chi connectivity index (χ2v) is 15.5. The predicted octanol–water partition coefficient (Wildman–Crippen LogP) is 14.3. The topological polar surface area (TPSA) is 0 Å². The van der Waals surface area contributed by atoms with Crippen LogP contribution in [0.4, 0.5) is 0 Å². The van der Waals surface area contributed by atoms with Crippen molar-refractivity contribution in [2.75, 3.05) is 0 Å². The molecule has 1 heteroatoms. The average molecular weight is 653 g/mol. The Morgan fingerprint density at radius 3 is 1.70 bits per heavy atom. The van der Waals surface area contributed by atoms with Gasteiger partial charge in [-0.05, 0) is 106 Å². The first-order valence-electron chi connectivity index (χ1n) is 17.5. The summed E-state index contributed by atoms with van der Waals surface area (Å²) in [7, 11) is 0. The van der Waals surface area contributed by atoms with Gasteiger partial charge in [-0.3, -0.25) is 0 Å². The van der Waals surface area contributed by atoms with Crippen LogP contribution in [0.25, 0.3) is 96.6 Å². The number of rotatable bonds is 2. The van der Waals surface area contributed by atoms with Gasteiger partial charge >= 0.3 is 0 Å². The molecule has 1 aliphatic rings. The number of hydrogen-bond donors (Lipinski definition) is 0. The Morgan fingerprint density at radius 2 is 0.980 bits per heavy atom. The highest BCUT2D eigenvalue weighted by Crippen LogP contribution is 2.56. The van der Waals surface area contributed by atoms with Crippen LogP contribution in [-0.4, -0.2) is 0 Å². The van der Waals surface area contributed by atoms with Crippen LogP contribution < -0.4 is 0 Å². The zero-order chi connectivity index (χ0) is 33.1. The third-order valence-corrected chi connectivity index (χ3v) is 12.5. The summed E-state index contributed by atoms with van der Waals surface area (Å²) in [4.78, 5) is 0. The summed E-state index contributed by atoms with van der Waals surface area (Å²) in [5.41, 5.74) is 10.8. The van der Waals surface area contributed by atoms with E-state index in [0.717, 1.165) is 0 Å². The Kier molecular flexibility index (Phi) is 5.70. The molecule has 50 heavy (non-hydrogen) atoms. The van der Waals surface area contributed by atoms with Crippen LogP contribution in [0.2, 0.25) is 0 Å². The molecule has 0 saturated carbocycles. The summed E-state index contributed by atoms with van der Waals surface area (Å²) in [5.74, 6) is 0. The van der Waals surface area contributed by atoms with E-state index >= 15 is 0 Å². The molecule has 234 valence electrons. The Morgan fingerprint density at radius 1 is 0.400 bits per heavy atom. The van der Waals surface area contributed by atoms with Crippen LogP contribution in [0.1, 0.15) is 25.0 Å². The summed E-state index contributed by atoms with van der Waals surface area (Å²) in [5, 5.41) is 13.1. The van der Waals surface area contributed by atoms with Gasteiger partial charge in [0.1, 0.15) is 0 Å². The van der Waals surface area contributed by atoms with E-state index in [9.17, 15) is 0 Å². The van der Waals surface area contributed by atoms with E-state index < -0.39 is 0 Å². The highest BCUT2D eigenvalue weighted by Gasteiger charge is 2.38. The molecule has 1 heterocycles. The lowest BCUT2D eigenvalue weighted by atomic mass is 9.80. The quantitative estimate of drug-likeness (QED) is 0.163. The SMILES string of the molecule is CC1(C)c2ccc3sc4ccc(-c5c6ccccc6c(-c6cccc7ccccc67)c6ccccc56)cc4c3c2-c2ccc3ccccc3c21. The minimum absolute atomic E-state index is 0.0879. The van der Waals surface area contributed by atoms with Crippen LogP contribution in [0.5, 0.6) is 0 Å². The highest BCUT2D eigenvalue weighted by molar-refractivity contribution is 7.26. The van der Waals surface area contributed by atoms with Crippen LogP contribution in [0, 0.1) is 0 Å². The molecule has 0 atom stereocenters. The van der Waals surface area contributed by atoms with Gasteiger partial charge in [0.05, 0.1) is 0 Å². The molecule has 0 N–H and O–H groups in total. The lowest BCUT2D eigenvalue weighted by molar-refractivity contribution is 0.667. The van der Waals surface area contributed by atoms with Crippen molar-refractivity contribution < 1.29 is 0 Å². The number of fused-ring (bicyclic) bond motifs is 12. The lowest BCUT2D eigenvalue weighted by Gasteiger charge is -2.23. The van der Waals surface area contributed by atoms with Gasteiger partial charge in [-0.1, -0.05) is 153 Å². The van der Waals surface area contributed by atoms with Crippen molar-refractivity contribution in [1.82, 2.24) is 0 Å². The first-order valence-corrected chi connectivity index (χ1v) is 18.3. The molecule has 11 rings (SSSR count). The maximum atomic E-state index is 2.49. The van der Waals surface area contributed by atoms with E-state index in [0.29, 0.717) is 0 Å². The molecule has 9 aromatic carbocycles. The van der Waals surface area contributed by atoms with Crippen molar-refractivity contribution in [3.05, 3.63) is 169 Å². The maximum Gasteiger partial charge on any atom is 0.0361 e. The van der Waals surface area contributed by atoms with Crippen molar-refractivity contribution in [3.63, 3.8) is 0 Å². The van der Waals surface area contributed by atoms with E-state index in [4.69, 9.17) is 0 Å². The second-order valence-electron chi connectivity index (χ2n) is 14.4. The standard InChI is InChI=1S/C49H32S/c1-49(2)41-25-27-43-47(46(41)39-24-22-30-13-4-6-16-33(30)48(39)49)40-28-31(23-26-42(40)50-43)44-35-17-7-9-19-37(35)45(38-20-10-8-18-36(38)44)34-21-11-14-29-12-3-5-15-32(29)34/h3-28H,1-2H3. The summed E-state index contributed by atoms with van der Waals surface area (Å²) in [6.45, 7) is 4.82. The first-order chi connectivity index (χ1) is 24.6. The fraction of sp³-hybridized carbons (Fsp3) is 0.0612. The molecule has 1 aromatic heterocycles. The Labute approximate surface area is 294 Å². The van der Waals surface area contributed by atoms with Gasteiger partial charge in [0.2, 0.25) is 0 Å². The molecular formula is C49H32S. The van der Waals surface area contributed by atoms with E-state index in [2.05, 4.69) is 172 Å².